The standard InChI is InChI=1S/C17H17N3OS/c1-10-7-11(2)19-14(8-10)16(21)20-17-13(9-18)12-5-3-4-6-15(12)22-17/h7-8H,3-6H2,1-2H3,(H,20,21). The third-order valence-electron chi connectivity index (χ3n) is 3.84. The van der Waals surface area contributed by atoms with Crippen LogP contribution in [0.2, 0.25) is 0 Å². The average molecular weight is 311 g/mol. The number of nitrogens with one attached hydrogen (secondary N) is 1. The number of fused-ring (bicyclic) bond motifs is 1. The van der Waals surface area contributed by atoms with Gasteiger partial charge in [-0.25, -0.2) is 4.98 Å². The van der Waals surface area contributed by atoms with Gasteiger partial charge < -0.3 is 5.32 Å². The second kappa shape index (κ2) is 5.90. The molecule has 5 heteroatoms. The molecule has 2 aromatic rings. The van der Waals surface area contributed by atoms with E-state index in [1.807, 2.05) is 19.9 Å². The van der Waals surface area contributed by atoms with E-state index in [2.05, 4.69) is 16.4 Å². The molecule has 0 bridgehead atoms. The van der Waals surface area contributed by atoms with Gasteiger partial charge in [-0.2, -0.15) is 5.26 Å². The van der Waals surface area contributed by atoms with Gasteiger partial charge in [0.15, 0.2) is 0 Å². The summed E-state index contributed by atoms with van der Waals surface area (Å²) in [4.78, 5) is 17.9. The van der Waals surface area contributed by atoms with Gasteiger partial charge in [-0.15, -0.1) is 11.3 Å². The molecule has 0 aromatic carbocycles. The first-order chi connectivity index (χ1) is 10.6. The second-order valence-corrected chi connectivity index (χ2v) is 6.76. The van der Waals surface area contributed by atoms with E-state index in [4.69, 9.17) is 0 Å². The lowest BCUT2D eigenvalue weighted by Crippen LogP contribution is -2.14. The minimum atomic E-state index is -0.248. The number of anilines is 1. The molecule has 1 aliphatic rings. The Morgan fingerprint density at radius 1 is 1.32 bits per heavy atom. The smallest absolute Gasteiger partial charge is 0.274 e. The molecule has 3 rings (SSSR count). The molecule has 2 aromatic heterocycles. The fourth-order valence-corrected chi connectivity index (χ4v) is 4.13. The molecule has 0 saturated heterocycles. The fraction of sp³-hybridized carbons (Fsp3) is 0.353. The van der Waals surface area contributed by atoms with Gasteiger partial charge in [0.05, 0.1) is 5.56 Å². The molecule has 112 valence electrons. The normalized spacial score (nSPS) is 13.3. The summed E-state index contributed by atoms with van der Waals surface area (Å²) < 4.78 is 0. The zero-order valence-corrected chi connectivity index (χ0v) is 13.5. The van der Waals surface area contributed by atoms with E-state index in [-0.39, 0.29) is 5.91 Å². The SMILES string of the molecule is Cc1cc(C)nc(C(=O)Nc2sc3c(c2C#N)CCCC3)c1. The van der Waals surface area contributed by atoms with E-state index in [1.54, 1.807) is 6.07 Å². The highest BCUT2D eigenvalue weighted by molar-refractivity contribution is 7.16. The molecule has 0 spiro atoms. The lowest BCUT2D eigenvalue weighted by Gasteiger charge is -2.09. The molecule has 0 saturated carbocycles. The third-order valence-corrected chi connectivity index (χ3v) is 5.05. The van der Waals surface area contributed by atoms with E-state index >= 15 is 0 Å². The molecule has 0 radical (unpaired) electrons. The second-order valence-electron chi connectivity index (χ2n) is 5.65. The number of amides is 1. The van der Waals surface area contributed by atoms with Crippen LogP contribution in [-0.2, 0) is 12.8 Å². The Balaban J connectivity index is 1.91. The van der Waals surface area contributed by atoms with E-state index < -0.39 is 0 Å². The highest BCUT2D eigenvalue weighted by atomic mass is 32.1. The Hall–Kier alpha value is -2.19. The van der Waals surface area contributed by atoms with Crippen molar-refractivity contribution in [3.8, 4) is 6.07 Å². The maximum absolute atomic E-state index is 12.4. The fourth-order valence-electron chi connectivity index (χ4n) is 2.90. The zero-order chi connectivity index (χ0) is 15.7. The van der Waals surface area contributed by atoms with Gasteiger partial charge in [-0.3, -0.25) is 4.79 Å². The lowest BCUT2D eigenvalue weighted by atomic mass is 9.96. The molecular formula is C17H17N3OS. The average Bonchev–Trinajstić information content (AvgIpc) is 2.83. The maximum atomic E-state index is 12.4. The predicted molar refractivity (Wildman–Crippen MR) is 87.3 cm³/mol. The first-order valence-electron chi connectivity index (χ1n) is 7.40. The van der Waals surface area contributed by atoms with E-state index in [1.165, 1.54) is 16.2 Å². The van der Waals surface area contributed by atoms with Crippen molar-refractivity contribution in [2.45, 2.75) is 39.5 Å². The number of aromatic nitrogens is 1. The Morgan fingerprint density at radius 3 is 2.82 bits per heavy atom. The quantitative estimate of drug-likeness (QED) is 0.918. The van der Waals surface area contributed by atoms with Crippen molar-refractivity contribution in [3.63, 3.8) is 0 Å². The van der Waals surface area contributed by atoms with Crippen molar-refractivity contribution >= 4 is 22.2 Å². The van der Waals surface area contributed by atoms with Crippen LogP contribution in [-0.4, -0.2) is 10.9 Å². The molecular weight excluding hydrogens is 294 g/mol. The monoisotopic (exact) mass is 311 g/mol. The van der Waals surface area contributed by atoms with Gasteiger partial charge in [-0.05, 0) is 62.8 Å². The Bertz CT molecular complexity index is 766. The lowest BCUT2D eigenvalue weighted by molar-refractivity contribution is 0.102. The summed E-state index contributed by atoms with van der Waals surface area (Å²) in [5.74, 6) is -0.248. The molecule has 0 unspecified atom stereocenters. The summed E-state index contributed by atoms with van der Waals surface area (Å²) in [6.07, 6.45) is 4.22. The van der Waals surface area contributed by atoms with Gasteiger partial charge in [-0.1, -0.05) is 0 Å². The molecule has 1 N–H and O–H groups in total. The number of nitriles is 1. The number of thiophene rings is 1. The Kier molecular flexibility index (Phi) is 3.95. The van der Waals surface area contributed by atoms with Crippen molar-refractivity contribution in [2.75, 3.05) is 5.32 Å². The number of carbonyl (C=O) groups is 1. The summed E-state index contributed by atoms with van der Waals surface area (Å²) >= 11 is 1.54. The summed E-state index contributed by atoms with van der Waals surface area (Å²) in [5.41, 5.74) is 3.98. The van der Waals surface area contributed by atoms with Crippen LogP contribution < -0.4 is 5.32 Å². The molecule has 4 nitrogen and oxygen atoms in total. The molecule has 22 heavy (non-hydrogen) atoms. The number of aryl methyl sites for hydroxylation is 3. The van der Waals surface area contributed by atoms with Gasteiger partial charge in [0, 0.05) is 10.6 Å². The molecule has 1 amide bonds. The van der Waals surface area contributed by atoms with Crippen molar-refractivity contribution in [2.24, 2.45) is 0 Å². The van der Waals surface area contributed by atoms with Crippen molar-refractivity contribution in [3.05, 3.63) is 45.1 Å². The number of hydrogen-bond acceptors (Lipinski definition) is 4. The Labute approximate surface area is 133 Å². The van der Waals surface area contributed by atoms with Crippen LogP contribution >= 0.6 is 11.3 Å². The molecule has 0 fully saturated rings. The predicted octanol–water partition coefficient (Wildman–Crippen LogP) is 3.76. The van der Waals surface area contributed by atoms with Gasteiger partial charge in [0.2, 0.25) is 0 Å². The third kappa shape index (κ3) is 2.75. The van der Waals surface area contributed by atoms with E-state index in [9.17, 15) is 10.1 Å². The Morgan fingerprint density at radius 2 is 2.09 bits per heavy atom. The van der Waals surface area contributed by atoms with Crippen LogP contribution in [0.3, 0.4) is 0 Å². The molecule has 0 atom stereocenters. The van der Waals surface area contributed by atoms with Crippen LogP contribution in [0.5, 0.6) is 0 Å². The highest BCUT2D eigenvalue weighted by Crippen LogP contribution is 2.37. The van der Waals surface area contributed by atoms with Crippen molar-refractivity contribution in [1.82, 2.24) is 4.98 Å². The number of carbonyl (C=O) groups excluding carboxylic acids is 1. The summed E-state index contributed by atoms with van der Waals surface area (Å²) in [5, 5.41) is 13.0. The first-order valence-corrected chi connectivity index (χ1v) is 8.21. The molecule has 1 aliphatic carbocycles. The van der Waals surface area contributed by atoms with E-state index in [0.29, 0.717) is 16.3 Å². The topological polar surface area (TPSA) is 65.8 Å². The van der Waals surface area contributed by atoms with Crippen molar-refractivity contribution in [1.29, 1.82) is 5.26 Å². The van der Waals surface area contributed by atoms with Gasteiger partial charge >= 0.3 is 0 Å². The van der Waals surface area contributed by atoms with Crippen LogP contribution in [0.25, 0.3) is 0 Å². The molecule has 2 heterocycles. The summed E-state index contributed by atoms with van der Waals surface area (Å²) in [6, 6.07) is 5.96. The van der Waals surface area contributed by atoms with E-state index in [0.717, 1.165) is 42.5 Å². The summed E-state index contributed by atoms with van der Waals surface area (Å²) in [6.45, 7) is 3.81. The summed E-state index contributed by atoms with van der Waals surface area (Å²) in [7, 11) is 0. The number of nitrogens with zero attached hydrogens (tertiary/aromatic N) is 2. The van der Waals surface area contributed by atoms with Crippen molar-refractivity contribution < 1.29 is 4.79 Å². The molecule has 0 aliphatic heterocycles. The zero-order valence-electron chi connectivity index (χ0n) is 12.7. The van der Waals surface area contributed by atoms with Crippen LogP contribution in [0.4, 0.5) is 5.00 Å². The minimum absolute atomic E-state index is 0.248. The number of pyridine rings is 1. The van der Waals surface area contributed by atoms with Crippen LogP contribution in [0.15, 0.2) is 12.1 Å². The largest absolute Gasteiger partial charge is 0.311 e. The van der Waals surface area contributed by atoms with Crippen LogP contribution in [0, 0.1) is 25.2 Å². The maximum Gasteiger partial charge on any atom is 0.274 e. The van der Waals surface area contributed by atoms with Gasteiger partial charge in [0.25, 0.3) is 5.91 Å². The van der Waals surface area contributed by atoms with Crippen LogP contribution in [0.1, 0.15) is 50.6 Å². The highest BCUT2D eigenvalue weighted by Gasteiger charge is 2.22. The number of rotatable bonds is 2. The first kappa shape index (κ1) is 14.7. The minimum Gasteiger partial charge on any atom is -0.311 e. The van der Waals surface area contributed by atoms with Gasteiger partial charge in [0.1, 0.15) is 16.8 Å². The number of hydrogen-bond donors (Lipinski definition) is 1.